The third-order valence-electron chi connectivity index (χ3n) is 9.15. The van der Waals surface area contributed by atoms with Gasteiger partial charge in [0, 0.05) is 32.0 Å². The summed E-state index contributed by atoms with van der Waals surface area (Å²) in [6.45, 7) is 6.38. The number of hydrogen-bond donors (Lipinski definition) is 4. The zero-order valence-electron chi connectivity index (χ0n) is 31.3. The van der Waals surface area contributed by atoms with Crippen molar-refractivity contribution in [2.45, 2.75) is 148 Å². The van der Waals surface area contributed by atoms with E-state index >= 15 is 0 Å². The number of carbonyl (C=O) groups is 3. The lowest BCUT2D eigenvalue weighted by atomic mass is 9.92. The topological polar surface area (TPSA) is 137 Å². The molecular formula is C41H64F2N4O4. The second-order valence-corrected chi connectivity index (χ2v) is 14.8. The monoisotopic (exact) mass is 714 g/mol. The molecule has 2 aromatic rings. The summed E-state index contributed by atoms with van der Waals surface area (Å²) in [7, 11) is 0. The molecule has 0 aliphatic rings. The largest absolute Gasteiger partial charge is 0.451 e. The van der Waals surface area contributed by atoms with E-state index in [2.05, 4.69) is 17.6 Å². The van der Waals surface area contributed by atoms with Crippen molar-refractivity contribution in [1.29, 1.82) is 0 Å². The van der Waals surface area contributed by atoms with E-state index in [-0.39, 0.29) is 43.8 Å². The minimum Gasteiger partial charge on any atom is -0.451 e. The normalized spacial score (nSPS) is 13.3. The Morgan fingerprint density at radius 3 is 1.94 bits per heavy atom. The number of nitrogens with two attached hydrogens (primary N) is 2. The molecule has 3 unspecified atom stereocenters. The minimum absolute atomic E-state index is 0.0131. The molecule has 51 heavy (non-hydrogen) atoms. The molecule has 0 saturated carbocycles. The summed E-state index contributed by atoms with van der Waals surface area (Å²) < 4.78 is 33.2. The highest BCUT2D eigenvalue weighted by atomic mass is 19.1. The van der Waals surface area contributed by atoms with E-state index in [4.69, 9.17) is 16.2 Å². The molecule has 0 heterocycles. The molecule has 8 nitrogen and oxygen atoms in total. The molecule has 3 atom stereocenters. The Morgan fingerprint density at radius 2 is 1.33 bits per heavy atom. The van der Waals surface area contributed by atoms with Gasteiger partial charge in [0.1, 0.15) is 11.6 Å². The van der Waals surface area contributed by atoms with E-state index in [1.54, 1.807) is 0 Å². The average molecular weight is 715 g/mol. The van der Waals surface area contributed by atoms with E-state index in [0.717, 1.165) is 43.0 Å². The molecule has 286 valence electrons. The van der Waals surface area contributed by atoms with Gasteiger partial charge in [0.05, 0.1) is 6.04 Å². The lowest BCUT2D eigenvalue weighted by Crippen LogP contribution is -2.52. The summed E-state index contributed by atoms with van der Waals surface area (Å²) in [6, 6.07) is 11.2. The van der Waals surface area contributed by atoms with E-state index in [1.165, 1.54) is 57.8 Å². The molecule has 0 aromatic heterocycles. The molecule has 6 N–H and O–H groups in total. The van der Waals surface area contributed by atoms with Gasteiger partial charge in [0.25, 0.3) is 5.91 Å². The van der Waals surface area contributed by atoms with Gasteiger partial charge in [-0.05, 0) is 54.0 Å². The fourth-order valence-electron chi connectivity index (χ4n) is 6.01. The summed E-state index contributed by atoms with van der Waals surface area (Å²) in [4.78, 5) is 38.9. The number of hydrogen-bond acceptors (Lipinski definition) is 6. The van der Waals surface area contributed by atoms with Crippen molar-refractivity contribution in [2.24, 2.45) is 16.9 Å². The number of rotatable bonds is 27. The molecule has 0 saturated heterocycles. The third-order valence-corrected chi connectivity index (χ3v) is 9.15. The van der Waals surface area contributed by atoms with Crippen LogP contribution in [0.4, 0.5) is 8.78 Å². The predicted octanol–water partition coefficient (Wildman–Crippen LogP) is 7.45. The van der Waals surface area contributed by atoms with Gasteiger partial charge < -0.3 is 26.8 Å². The summed E-state index contributed by atoms with van der Waals surface area (Å²) >= 11 is 0. The highest BCUT2D eigenvalue weighted by molar-refractivity contribution is 5.84. The number of esters is 1. The van der Waals surface area contributed by atoms with Gasteiger partial charge in [-0.1, -0.05) is 128 Å². The molecular weight excluding hydrogens is 650 g/mol. The van der Waals surface area contributed by atoms with Crippen LogP contribution in [0.3, 0.4) is 0 Å². The van der Waals surface area contributed by atoms with Crippen LogP contribution >= 0.6 is 0 Å². The van der Waals surface area contributed by atoms with Gasteiger partial charge in [-0.15, -0.1) is 0 Å². The van der Waals surface area contributed by atoms with Crippen molar-refractivity contribution < 1.29 is 27.9 Å². The molecule has 2 rings (SSSR count). The van der Waals surface area contributed by atoms with E-state index in [9.17, 15) is 23.2 Å². The van der Waals surface area contributed by atoms with Gasteiger partial charge in [-0.2, -0.15) is 0 Å². The van der Waals surface area contributed by atoms with Crippen LogP contribution in [0.25, 0.3) is 0 Å². The smallest absolute Gasteiger partial charge is 0.306 e. The summed E-state index contributed by atoms with van der Waals surface area (Å²) in [5.74, 6) is -2.42. The Morgan fingerprint density at radius 1 is 0.765 bits per heavy atom. The minimum atomic E-state index is -1.17. The first-order chi connectivity index (χ1) is 24.4. The van der Waals surface area contributed by atoms with Gasteiger partial charge in [0.15, 0.2) is 6.10 Å². The van der Waals surface area contributed by atoms with Gasteiger partial charge in [0.2, 0.25) is 5.91 Å². The Hall–Kier alpha value is -3.37. The first kappa shape index (κ1) is 43.8. The van der Waals surface area contributed by atoms with Gasteiger partial charge in [-0.3, -0.25) is 14.4 Å². The third kappa shape index (κ3) is 19.7. The maximum Gasteiger partial charge on any atom is 0.306 e. The number of halogens is 2. The van der Waals surface area contributed by atoms with Gasteiger partial charge in [-0.25, -0.2) is 8.78 Å². The number of carbonyl (C=O) groups excluding carboxylic acids is 3. The van der Waals surface area contributed by atoms with Crippen molar-refractivity contribution in [1.82, 2.24) is 10.6 Å². The SMILES string of the molecule is CCCCCCCCCCCCCCCC(=O)OC(C(=O)NCC(C)(C)CNC(=O)CC(N)Cc1cc(F)ccc1F)C(N)Cc1ccccc1. The van der Waals surface area contributed by atoms with Crippen LogP contribution in [0.15, 0.2) is 48.5 Å². The second kappa shape index (κ2) is 24.8. The van der Waals surface area contributed by atoms with Crippen molar-refractivity contribution in [3.8, 4) is 0 Å². The Bertz CT molecular complexity index is 1290. The fraction of sp³-hybridized carbons (Fsp3) is 0.634. The maximum absolute atomic E-state index is 14.0. The number of nitrogens with one attached hydrogen (secondary N) is 2. The molecule has 0 aliphatic heterocycles. The maximum atomic E-state index is 14.0. The van der Waals surface area contributed by atoms with Crippen molar-refractivity contribution in [2.75, 3.05) is 13.1 Å². The zero-order chi connectivity index (χ0) is 37.5. The first-order valence-electron chi connectivity index (χ1n) is 19.1. The number of unbranched alkanes of at least 4 members (excludes halogenated alkanes) is 12. The predicted molar refractivity (Wildman–Crippen MR) is 201 cm³/mol. The van der Waals surface area contributed by atoms with Crippen LogP contribution in [-0.2, 0) is 32.0 Å². The molecule has 2 amide bonds. The first-order valence-corrected chi connectivity index (χ1v) is 19.1. The summed E-state index contributed by atoms with van der Waals surface area (Å²) in [5.41, 5.74) is 13.0. The molecule has 0 fully saturated rings. The van der Waals surface area contributed by atoms with Crippen LogP contribution in [0.1, 0.15) is 128 Å². The van der Waals surface area contributed by atoms with Gasteiger partial charge >= 0.3 is 5.97 Å². The summed E-state index contributed by atoms with van der Waals surface area (Å²) in [6.07, 6.45) is 15.0. The van der Waals surface area contributed by atoms with Crippen LogP contribution in [0.2, 0.25) is 0 Å². The lowest BCUT2D eigenvalue weighted by molar-refractivity contribution is -0.157. The molecule has 0 bridgehead atoms. The van der Waals surface area contributed by atoms with E-state index < -0.39 is 47.1 Å². The number of amides is 2. The fourth-order valence-corrected chi connectivity index (χ4v) is 6.01. The Labute approximate surface area is 305 Å². The van der Waals surface area contributed by atoms with E-state index in [0.29, 0.717) is 12.8 Å². The second-order valence-electron chi connectivity index (χ2n) is 14.8. The molecule has 2 aromatic carbocycles. The van der Waals surface area contributed by atoms with Crippen LogP contribution in [0, 0.1) is 17.0 Å². The molecule has 0 aliphatic carbocycles. The van der Waals surface area contributed by atoms with Crippen LogP contribution in [-0.4, -0.2) is 49.1 Å². The van der Waals surface area contributed by atoms with Crippen LogP contribution in [0.5, 0.6) is 0 Å². The van der Waals surface area contributed by atoms with Crippen molar-refractivity contribution in [3.63, 3.8) is 0 Å². The Kier molecular flexibility index (Phi) is 21.3. The highest BCUT2D eigenvalue weighted by Crippen LogP contribution is 2.17. The van der Waals surface area contributed by atoms with Crippen molar-refractivity contribution in [3.05, 3.63) is 71.3 Å². The summed E-state index contributed by atoms with van der Waals surface area (Å²) in [5, 5.41) is 5.69. The zero-order valence-corrected chi connectivity index (χ0v) is 31.3. The van der Waals surface area contributed by atoms with E-state index in [1.807, 2.05) is 44.2 Å². The average Bonchev–Trinajstić information content (AvgIpc) is 3.09. The Balaban J connectivity index is 1.79. The standard InChI is InChI=1S/C41H64F2N4O4/c1-4-5-6-7-8-9-10-11-12-13-14-15-19-22-38(49)51-39(36(45)25-31-20-17-16-18-21-31)40(50)47-30-41(2,3)29-46-37(48)28-34(44)27-32-26-33(42)23-24-35(32)43/h16-18,20-21,23-24,26,34,36,39H,4-15,19,22,25,27-30,44-45H2,1-3H3,(H,46,48)(H,47,50). The molecule has 10 heteroatoms. The number of ether oxygens (including phenoxy) is 1. The van der Waals surface area contributed by atoms with Crippen LogP contribution < -0.4 is 22.1 Å². The molecule has 0 radical (unpaired) electrons. The highest BCUT2D eigenvalue weighted by Gasteiger charge is 2.31. The molecule has 0 spiro atoms. The quantitative estimate of drug-likeness (QED) is 0.0561. The lowest BCUT2D eigenvalue weighted by Gasteiger charge is -2.28. The van der Waals surface area contributed by atoms with Crippen molar-refractivity contribution >= 4 is 17.8 Å². The number of benzene rings is 2.